The number of halogens is 4. The zero-order valence-electron chi connectivity index (χ0n) is 15.5. The first-order valence-corrected chi connectivity index (χ1v) is 9.38. The van der Waals surface area contributed by atoms with Gasteiger partial charge in [0.05, 0.1) is 32.3 Å². The minimum atomic E-state index is -3.32. The quantitative estimate of drug-likeness (QED) is 0.626. The Bertz CT molecular complexity index is 606. The van der Waals surface area contributed by atoms with Crippen molar-refractivity contribution in [2.45, 2.75) is 45.4 Å². The Morgan fingerprint density at radius 1 is 1.00 bits per heavy atom. The zero-order valence-corrected chi connectivity index (χ0v) is 15.5. The molecule has 0 aromatic heterocycles. The topological polar surface area (TPSA) is 46.2 Å². The molecule has 0 N–H and O–H groups in total. The van der Waals surface area contributed by atoms with Gasteiger partial charge in [0.2, 0.25) is 0 Å². The number of benzene rings is 1. The van der Waals surface area contributed by atoms with Gasteiger partial charge in [0.15, 0.2) is 30.0 Å². The van der Waals surface area contributed by atoms with Crippen LogP contribution in [0.1, 0.15) is 38.0 Å². The van der Waals surface area contributed by atoms with Gasteiger partial charge in [-0.15, -0.1) is 0 Å². The molecule has 2 saturated heterocycles. The van der Waals surface area contributed by atoms with E-state index in [0.29, 0.717) is 19.1 Å². The molecule has 0 radical (unpaired) electrons. The summed E-state index contributed by atoms with van der Waals surface area (Å²) in [6.07, 6.45) is 1.86. The lowest BCUT2D eigenvalue weighted by atomic mass is 10.0. The highest BCUT2D eigenvalue weighted by atomic mass is 19.3. The molecule has 0 atom stereocenters. The predicted octanol–water partition coefficient (Wildman–Crippen LogP) is 4.41. The molecule has 0 amide bonds. The average molecular weight is 408 g/mol. The summed E-state index contributed by atoms with van der Waals surface area (Å²) in [6.45, 7) is 0.479. The van der Waals surface area contributed by atoms with Gasteiger partial charge in [-0.3, -0.25) is 0 Å². The summed E-state index contributed by atoms with van der Waals surface area (Å²) in [5, 5.41) is 0. The monoisotopic (exact) mass is 408 g/mol. The largest absolute Gasteiger partial charge is 0.429 e. The van der Waals surface area contributed by atoms with Gasteiger partial charge >= 0.3 is 6.61 Å². The van der Waals surface area contributed by atoms with Crippen molar-refractivity contribution in [1.82, 2.24) is 0 Å². The van der Waals surface area contributed by atoms with E-state index in [-0.39, 0.29) is 24.7 Å². The molecular formula is C19H24F4O5. The Morgan fingerprint density at radius 2 is 1.61 bits per heavy atom. The second-order valence-electron chi connectivity index (χ2n) is 6.99. The van der Waals surface area contributed by atoms with Gasteiger partial charge in [-0.25, -0.2) is 8.78 Å². The Balaban J connectivity index is 1.52. The van der Waals surface area contributed by atoms with E-state index >= 15 is 0 Å². The first kappa shape index (κ1) is 21.3. The lowest BCUT2D eigenvalue weighted by molar-refractivity contribution is -0.283. The maximum absolute atomic E-state index is 13.9. The molecule has 0 saturated carbocycles. The Labute approximate surface area is 160 Å². The fourth-order valence-corrected chi connectivity index (χ4v) is 3.27. The van der Waals surface area contributed by atoms with Crippen molar-refractivity contribution in [1.29, 1.82) is 0 Å². The van der Waals surface area contributed by atoms with Crippen molar-refractivity contribution in [3.63, 3.8) is 0 Å². The van der Waals surface area contributed by atoms with Crippen LogP contribution < -0.4 is 4.74 Å². The molecule has 1 aromatic rings. The third kappa shape index (κ3) is 5.34. The summed E-state index contributed by atoms with van der Waals surface area (Å²) in [4.78, 5) is 0. The standard InChI is InChI=1S/C19H24F4O5/c1-2-3-4-11-7-24-18(25-8-11)13-9-26-17(27-10-13)12-5-14(20)16(15(21)6-12)28-19(22)23/h5-6,11,13,17-19H,2-4,7-10H2,1H3/t11-,13-,17-,18-. The molecule has 0 spiro atoms. The molecule has 5 nitrogen and oxygen atoms in total. The molecule has 28 heavy (non-hydrogen) atoms. The molecule has 9 heteroatoms. The van der Waals surface area contributed by atoms with Crippen molar-refractivity contribution < 1.29 is 41.2 Å². The van der Waals surface area contributed by atoms with Gasteiger partial charge in [-0.2, -0.15) is 8.78 Å². The summed E-state index contributed by atoms with van der Waals surface area (Å²) in [6, 6.07) is 1.72. The molecule has 0 aliphatic carbocycles. The van der Waals surface area contributed by atoms with Gasteiger partial charge in [-0.1, -0.05) is 19.8 Å². The highest BCUT2D eigenvalue weighted by molar-refractivity contribution is 5.32. The Kier molecular flexibility index (Phi) is 7.50. The first-order chi connectivity index (χ1) is 13.5. The van der Waals surface area contributed by atoms with E-state index in [4.69, 9.17) is 18.9 Å². The zero-order chi connectivity index (χ0) is 20.1. The molecule has 2 aliphatic heterocycles. The second-order valence-corrected chi connectivity index (χ2v) is 6.99. The fraction of sp³-hybridized carbons (Fsp3) is 0.684. The summed E-state index contributed by atoms with van der Waals surface area (Å²) in [5.74, 6) is -3.41. The van der Waals surface area contributed by atoms with E-state index in [1.807, 2.05) is 0 Å². The lowest BCUT2D eigenvalue weighted by Gasteiger charge is -2.37. The van der Waals surface area contributed by atoms with Crippen molar-refractivity contribution in [2.24, 2.45) is 11.8 Å². The van der Waals surface area contributed by atoms with Crippen molar-refractivity contribution in [2.75, 3.05) is 26.4 Å². The highest BCUT2D eigenvalue weighted by Crippen LogP contribution is 2.33. The Hall–Kier alpha value is -1.42. The van der Waals surface area contributed by atoms with Crippen LogP contribution in [0.3, 0.4) is 0 Å². The van der Waals surface area contributed by atoms with Crippen molar-refractivity contribution in [3.05, 3.63) is 29.3 Å². The maximum atomic E-state index is 13.9. The van der Waals surface area contributed by atoms with E-state index in [2.05, 4.69) is 11.7 Å². The van der Waals surface area contributed by atoms with Crippen LogP contribution in [0.4, 0.5) is 17.6 Å². The van der Waals surface area contributed by atoms with Gasteiger partial charge in [0.25, 0.3) is 0 Å². The van der Waals surface area contributed by atoms with Gasteiger partial charge in [0.1, 0.15) is 0 Å². The predicted molar refractivity (Wildman–Crippen MR) is 89.8 cm³/mol. The molecular weight excluding hydrogens is 384 g/mol. The third-order valence-corrected chi connectivity index (χ3v) is 4.77. The molecule has 3 rings (SSSR count). The van der Waals surface area contributed by atoms with Crippen molar-refractivity contribution in [3.8, 4) is 5.75 Å². The van der Waals surface area contributed by atoms with Crippen LogP contribution in [0.25, 0.3) is 0 Å². The van der Waals surface area contributed by atoms with Crippen LogP contribution in [0.5, 0.6) is 5.75 Å². The molecule has 1 aromatic carbocycles. The molecule has 0 unspecified atom stereocenters. The minimum absolute atomic E-state index is 0.0418. The van der Waals surface area contributed by atoms with Crippen LogP contribution in [0, 0.1) is 23.5 Å². The molecule has 0 bridgehead atoms. The summed E-state index contributed by atoms with van der Waals surface area (Å²) < 4.78 is 78.6. The SMILES string of the molecule is CCCC[C@H]1CO[C@H]([C@H]2CO[C@H](c3cc(F)c(OC(F)F)c(F)c3)OC2)OC1. The summed E-state index contributed by atoms with van der Waals surface area (Å²) >= 11 is 0. The molecule has 2 heterocycles. The molecule has 158 valence electrons. The Morgan fingerprint density at radius 3 is 2.14 bits per heavy atom. The highest BCUT2D eigenvalue weighted by Gasteiger charge is 2.34. The smallest absolute Gasteiger partial charge is 0.387 e. The summed E-state index contributed by atoms with van der Waals surface area (Å²) in [7, 11) is 0. The van der Waals surface area contributed by atoms with Gasteiger partial charge < -0.3 is 23.7 Å². The van der Waals surface area contributed by atoms with E-state index in [0.717, 1.165) is 31.4 Å². The third-order valence-electron chi connectivity index (χ3n) is 4.77. The van der Waals surface area contributed by atoms with Gasteiger partial charge in [-0.05, 0) is 18.6 Å². The van der Waals surface area contributed by atoms with E-state index in [1.54, 1.807) is 0 Å². The van der Waals surface area contributed by atoms with Crippen LogP contribution in [-0.2, 0) is 18.9 Å². The number of unbranched alkanes of at least 4 members (excludes halogenated alkanes) is 1. The molecule has 2 aliphatic rings. The number of hydrogen-bond donors (Lipinski definition) is 0. The number of ether oxygens (including phenoxy) is 5. The molecule has 2 fully saturated rings. The number of alkyl halides is 2. The average Bonchev–Trinajstić information content (AvgIpc) is 2.69. The number of hydrogen-bond acceptors (Lipinski definition) is 5. The van der Waals surface area contributed by atoms with Crippen LogP contribution >= 0.6 is 0 Å². The minimum Gasteiger partial charge on any atom is -0.429 e. The van der Waals surface area contributed by atoms with Crippen LogP contribution in [-0.4, -0.2) is 39.3 Å². The van der Waals surface area contributed by atoms with Crippen molar-refractivity contribution >= 4 is 0 Å². The second kappa shape index (κ2) is 9.87. The van der Waals surface area contributed by atoms with Crippen LogP contribution in [0.15, 0.2) is 12.1 Å². The van der Waals surface area contributed by atoms with Gasteiger partial charge in [0, 0.05) is 11.5 Å². The fourth-order valence-electron chi connectivity index (χ4n) is 3.27. The summed E-state index contributed by atoms with van der Waals surface area (Å²) in [5.41, 5.74) is 0.0418. The normalized spacial score (nSPS) is 28.5. The maximum Gasteiger partial charge on any atom is 0.387 e. The first-order valence-electron chi connectivity index (χ1n) is 9.38. The van der Waals surface area contributed by atoms with Crippen LogP contribution in [0.2, 0.25) is 0 Å². The van der Waals surface area contributed by atoms with E-state index in [1.165, 1.54) is 0 Å². The number of rotatable bonds is 7. The lowest BCUT2D eigenvalue weighted by Crippen LogP contribution is -2.43. The van der Waals surface area contributed by atoms with E-state index in [9.17, 15) is 17.6 Å². The van der Waals surface area contributed by atoms with E-state index < -0.39 is 36.6 Å².